The van der Waals surface area contributed by atoms with Crippen LogP contribution in [0.4, 0.5) is 5.69 Å². The molecule has 0 spiro atoms. The van der Waals surface area contributed by atoms with E-state index in [-0.39, 0.29) is 27.8 Å². The summed E-state index contributed by atoms with van der Waals surface area (Å²) in [6.45, 7) is 3.82. The van der Waals surface area contributed by atoms with Crippen molar-refractivity contribution in [1.29, 1.82) is 0 Å². The lowest BCUT2D eigenvalue weighted by molar-refractivity contribution is -0.114. The number of carboxylic acid groups (broad SMARTS) is 1. The van der Waals surface area contributed by atoms with Crippen LogP contribution in [0.5, 0.6) is 11.5 Å². The fourth-order valence-electron chi connectivity index (χ4n) is 2.81. The number of ether oxygens (including phenoxy) is 1. The number of halogens is 3. The second-order valence-corrected chi connectivity index (χ2v) is 8.20. The lowest BCUT2D eigenvalue weighted by Gasteiger charge is -2.13. The van der Waals surface area contributed by atoms with E-state index in [0.717, 1.165) is 5.01 Å². The van der Waals surface area contributed by atoms with Crippen molar-refractivity contribution in [3.8, 4) is 11.5 Å². The number of carboxylic acids is 1. The molecule has 0 radical (unpaired) electrons. The zero-order valence-corrected chi connectivity index (χ0v) is 19.7. The largest absolute Gasteiger partial charge is 0.503 e. The summed E-state index contributed by atoms with van der Waals surface area (Å²) in [4.78, 5) is 24.4. The van der Waals surface area contributed by atoms with E-state index < -0.39 is 11.9 Å². The van der Waals surface area contributed by atoms with E-state index in [9.17, 15) is 19.8 Å². The number of benzene rings is 2. The second kappa shape index (κ2) is 8.79. The molecule has 0 aromatic heterocycles. The van der Waals surface area contributed by atoms with Crippen molar-refractivity contribution in [3.63, 3.8) is 0 Å². The van der Waals surface area contributed by atoms with Crippen molar-refractivity contribution < 1.29 is 24.5 Å². The van der Waals surface area contributed by atoms with Gasteiger partial charge < -0.3 is 14.9 Å². The first-order valence-corrected chi connectivity index (χ1v) is 10.6. The van der Waals surface area contributed by atoms with Crippen LogP contribution in [0.25, 0.3) is 6.08 Å². The van der Waals surface area contributed by atoms with Gasteiger partial charge in [-0.25, -0.2) is 4.79 Å². The van der Waals surface area contributed by atoms with E-state index in [4.69, 9.17) is 16.3 Å². The van der Waals surface area contributed by atoms with Crippen LogP contribution < -0.4 is 9.75 Å². The number of phenols is 1. The number of hydrazone groups is 1. The Hall–Kier alpha value is -2.36. The van der Waals surface area contributed by atoms with Gasteiger partial charge >= 0.3 is 5.97 Å². The van der Waals surface area contributed by atoms with Crippen molar-refractivity contribution in [1.82, 2.24) is 0 Å². The van der Waals surface area contributed by atoms with E-state index in [2.05, 4.69) is 37.0 Å². The SMILES string of the molecule is CCOc1cc(/C=C2\C(=O)N(c3ccc(Cl)c(C(=O)O)c3)N=C2C)c(Br)c(Br)c1O. The molecule has 1 amide bonds. The molecular weight excluding hydrogens is 543 g/mol. The van der Waals surface area contributed by atoms with Crippen LogP contribution in [-0.2, 0) is 4.79 Å². The van der Waals surface area contributed by atoms with Gasteiger partial charge in [0.25, 0.3) is 5.91 Å². The fraction of sp³-hybridized carbons (Fsp3) is 0.150. The summed E-state index contributed by atoms with van der Waals surface area (Å²) in [5.74, 6) is -1.43. The van der Waals surface area contributed by atoms with Gasteiger partial charge in [-0.3, -0.25) is 4.79 Å². The number of anilines is 1. The Morgan fingerprint density at radius 3 is 2.63 bits per heavy atom. The average molecular weight is 559 g/mol. The van der Waals surface area contributed by atoms with Crippen molar-refractivity contribution in [3.05, 3.63) is 54.9 Å². The normalized spacial score (nSPS) is 15.0. The number of rotatable bonds is 5. The van der Waals surface area contributed by atoms with Gasteiger partial charge in [-0.2, -0.15) is 10.1 Å². The molecule has 3 rings (SSSR count). The summed E-state index contributed by atoms with van der Waals surface area (Å²) < 4.78 is 6.37. The minimum Gasteiger partial charge on any atom is -0.503 e. The predicted octanol–water partition coefficient (Wildman–Crippen LogP) is 5.47. The monoisotopic (exact) mass is 556 g/mol. The summed E-state index contributed by atoms with van der Waals surface area (Å²) in [7, 11) is 0. The Labute approximate surface area is 193 Å². The van der Waals surface area contributed by atoms with Crippen LogP contribution in [0.3, 0.4) is 0 Å². The molecule has 0 saturated carbocycles. The number of phenolic OH excluding ortho intramolecular Hbond substituents is 1. The van der Waals surface area contributed by atoms with Gasteiger partial charge in [0.15, 0.2) is 11.5 Å². The summed E-state index contributed by atoms with van der Waals surface area (Å²) in [6.07, 6.45) is 1.62. The van der Waals surface area contributed by atoms with Gasteiger partial charge in [-0.1, -0.05) is 11.6 Å². The third kappa shape index (κ3) is 4.10. The Morgan fingerprint density at radius 2 is 2.00 bits per heavy atom. The van der Waals surface area contributed by atoms with E-state index in [1.54, 1.807) is 26.0 Å². The fourth-order valence-corrected chi connectivity index (χ4v) is 3.85. The molecule has 0 aliphatic carbocycles. The molecule has 1 heterocycles. The topological polar surface area (TPSA) is 99.4 Å². The number of amides is 1. The predicted molar refractivity (Wildman–Crippen MR) is 122 cm³/mol. The van der Waals surface area contributed by atoms with Crippen molar-refractivity contribution >= 4 is 72.8 Å². The maximum Gasteiger partial charge on any atom is 0.337 e. The molecule has 0 atom stereocenters. The minimum absolute atomic E-state index is 0.0574. The highest BCUT2D eigenvalue weighted by atomic mass is 79.9. The number of hydrogen-bond acceptors (Lipinski definition) is 5. The molecule has 0 bridgehead atoms. The first kappa shape index (κ1) is 22.3. The number of hydrogen-bond donors (Lipinski definition) is 2. The lowest BCUT2D eigenvalue weighted by Crippen LogP contribution is -2.21. The smallest absolute Gasteiger partial charge is 0.337 e. The molecule has 0 fully saturated rings. The third-order valence-electron chi connectivity index (χ3n) is 4.26. The Balaban J connectivity index is 2.04. The highest BCUT2D eigenvalue weighted by Crippen LogP contribution is 2.43. The Kier molecular flexibility index (Phi) is 6.54. The molecule has 7 nitrogen and oxygen atoms in total. The van der Waals surface area contributed by atoms with E-state index in [0.29, 0.717) is 32.4 Å². The van der Waals surface area contributed by atoms with Crippen LogP contribution >= 0.6 is 43.5 Å². The van der Waals surface area contributed by atoms with Crippen LogP contribution in [0.1, 0.15) is 29.8 Å². The van der Waals surface area contributed by atoms with Crippen LogP contribution in [0.2, 0.25) is 5.02 Å². The first-order chi connectivity index (χ1) is 14.1. The molecule has 0 unspecified atom stereocenters. The molecule has 2 aromatic carbocycles. The maximum absolute atomic E-state index is 13.0. The number of nitrogens with zero attached hydrogens (tertiary/aromatic N) is 2. The van der Waals surface area contributed by atoms with Crippen LogP contribution in [-0.4, -0.2) is 34.4 Å². The quantitative estimate of drug-likeness (QED) is 0.474. The average Bonchev–Trinajstić information content (AvgIpc) is 2.98. The minimum atomic E-state index is -1.20. The summed E-state index contributed by atoms with van der Waals surface area (Å²) in [6, 6.07) is 5.83. The lowest BCUT2D eigenvalue weighted by atomic mass is 10.1. The number of aromatic carboxylic acids is 1. The van der Waals surface area contributed by atoms with Crippen molar-refractivity contribution in [2.24, 2.45) is 5.10 Å². The molecule has 1 aliphatic rings. The summed E-state index contributed by atoms with van der Waals surface area (Å²) >= 11 is 12.6. The standard InChI is InChI=1S/C20H15Br2ClN2O5/c1-3-30-15-7-10(16(21)17(22)18(15)26)6-12-9(2)24-25(19(12)27)11-4-5-14(23)13(8-11)20(28)29/h4-8,26H,3H2,1-2H3,(H,28,29)/b12-6-. The number of carbonyl (C=O) groups excluding carboxylic acids is 1. The molecule has 156 valence electrons. The zero-order chi connectivity index (χ0) is 22.2. The van der Waals surface area contributed by atoms with Gasteiger partial charge in [-0.05, 0) is 81.6 Å². The highest BCUT2D eigenvalue weighted by Gasteiger charge is 2.30. The molecule has 30 heavy (non-hydrogen) atoms. The van der Waals surface area contributed by atoms with Crippen molar-refractivity contribution in [2.45, 2.75) is 13.8 Å². The zero-order valence-electron chi connectivity index (χ0n) is 15.7. The van der Waals surface area contributed by atoms with Crippen molar-refractivity contribution in [2.75, 3.05) is 11.6 Å². The first-order valence-electron chi connectivity index (χ1n) is 8.64. The van der Waals surface area contributed by atoms with E-state index in [1.807, 2.05) is 0 Å². The van der Waals surface area contributed by atoms with Crippen LogP contribution in [0, 0.1) is 0 Å². The Morgan fingerprint density at radius 1 is 1.30 bits per heavy atom. The molecule has 10 heteroatoms. The van der Waals surface area contributed by atoms with Gasteiger partial charge in [0.1, 0.15) is 0 Å². The van der Waals surface area contributed by atoms with E-state index in [1.165, 1.54) is 18.2 Å². The van der Waals surface area contributed by atoms with Gasteiger partial charge in [0, 0.05) is 4.47 Å². The molecule has 1 aliphatic heterocycles. The van der Waals surface area contributed by atoms with Gasteiger partial charge in [-0.15, -0.1) is 0 Å². The molecule has 2 N–H and O–H groups in total. The molecule has 2 aromatic rings. The maximum atomic E-state index is 13.0. The Bertz CT molecular complexity index is 1130. The number of aromatic hydroxyl groups is 1. The van der Waals surface area contributed by atoms with E-state index >= 15 is 0 Å². The number of carbonyl (C=O) groups is 2. The summed E-state index contributed by atoms with van der Waals surface area (Å²) in [5, 5.41) is 24.9. The molecular formula is C20H15Br2ClN2O5. The second-order valence-electron chi connectivity index (χ2n) is 6.20. The van der Waals surface area contributed by atoms with Crippen LogP contribution in [0.15, 0.2) is 43.9 Å². The van der Waals surface area contributed by atoms with Gasteiger partial charge in [0.05, 0.1) is 38.6 Å². The third-order valence-corrected chi connectivity index (χ3v) is 6.75. The van der Waals surface area contributed by atoms with Gasteiger partial charge in [0.2, 0.25) is 0 Å². The highest BCUT2D eigenvalue weighted by molar-refractivity contribution is 9.13. The summed E-state index contributed by atoms with van der Waals surface area (Å²) in [5.41, 5.74) is 1.50. The molecule has 0 saturated heterocycles.